The minimum atomic E-state index is -0.476. The number of imidazole rings is 1. The Hall–Kier alpha value is -1.68. The van der Waals surface area contributed by atoms with Crippen LogP contribution >= 0.6 is 0 Å². The van der Waals surface area contributed by atoms with E-state index in [1.54, 1.807) is 16.7 Å². The smallest absolute Gasteiger partial charge is 0.131 e. The van der Waals surface area contributed by atoms with Crippen LogP contribution in [0.1, 0.15) is 36.2 Å². The van der Waals surface area contributed by atoms with Gasteiger partial charge in [-0.2, -0.15) is 0 Å². The van der Waals surface area contributed by atoms with Gasteiger partial charge in [0.25, 0.3) is 0 Å². The van der Waals surface area contributed by atoms with E-state index in [0.717, 1.165) is 30.8 Å². The van der Waals surface area contributed by atoms with Gasteiger partial charge >= 0.3 is 0 Å². The molecule has 0 bridgehead atoms. The largest absolute Gasteiger partial charge is 0.373 e. The van der Waals surface area contributed by atoms with Crippen molar-refractivity contribution in [2.75, 3.05) is 0 Å². The maximum Gasteiger partial charge on any atom is 0.131 e. The van der Waals surface area contributed by atoms with Crippen molar-refractivity contribution in [2.24, 2.45) is 0 Å². The standard InChI is InChI=1S/C14H15FN2O/c15-12-5-2-1-4-10(12)8-11-9-17-13(16-11)6-3-7-14(17)18/h1-2,4-5,9,14,18H,3,6-8H2. The highest BCUT2D eigenvalue weighted by Crippen LogP contribution is 2.23. The predicted octanol–water partition coefficient (Wildman–Crippen LogP) is 2.44. The lowest BCUT2D eigenvalue weighted by Crippen LogP contribution is -2.16. The van der Waals surface area contributed by atoms with Gasteiger partial charge < -0.3 is 9.67 Å². The van der Waals surface area contributed by atoms with Crippen molar-refractivity contribution in [3.63, 3.8) is 0 Å². The SMILES string of the molecule is OC1CCCc2nc(Cc3ccccc3F)cn21. The van der Waals surface area contributed by atoms with E-state index in [1.165, 1.54) is 6.07 Å². The van der Waals surface area contributed by atoms with Crippen molar-refractivity contribution in [2.45, 2.75) is 31.9 Å². The average Bonchev–Trinajstić information content (AvgIpc) is 2.76. The molecule has 0 amide bonds. The number of aromatic nitrogens is 2. The van der Waals surface area contributed by atoms with Crippen LogP contribution in [-0.2, 0) is 12.8 Å². The molecule has 1 aliphatic rings. The minimum absolute atomic E-state index is 0.205. The first-order valence-corrected chi connectivity index (χ1v) is 6.22. The molecule has 0 radical (unpaired) electrons. The summed E-state index contributed by atoms with van der Waals surface area (Å²) in [6, 6.07) is 6.73. The van der Waals surface area contributed by atoms with E-state index in [0.29, 0.717) is 12.0 Å². The summed E-state index contributed by atoms with van der Waals surface area (Å²) in [5, 5.41) is 9.84. The molecule has 2 heterocycles. The van der Waals surface area contributed by atoms with Crippen molar-refractivity contribution in [3.05, 3.63) is 53.4 Å². The highest BCUT2D eigenvalue weighted by molar-refractivity contribution is 5.23. The molecule has 4 heteroatoms. The maximum atomic E-state index is 13.6. The molecule has 1 aromatic heterocycles. The topological polar surface area (TPSA) is 38.1 Å². The molecule has 1 aromatic carbocycles. The quantitative estimate of drug-likeness (QED) is 0.883. The number of nitrogens with zero attached hydrogens (tertiary/aromatic N) is 2. The number of aliphatic hydroxyl groups excluding tert-OH is 1. The van der Waals surface area contributed by atoms with Gasteiger partial charge in [0.15, 0.2) is 0 Å². The Labute approximate surface area is 105 Å². The Morgan fingerprint density at radius 2 is 2.22 bits per heavy atom. The third-order valence-electron chi connectivity index (χ3n) is 3.37. The van der Waals surface area contributed by atoms with E-state index in [-0.39, 0.29) is 5.82 Å². The van der Waals surface area contributed by atoms with Gasteiger partial charge in [-0.1, -0.05) is 18.2 Å². The van der Waals surface area contributed by atoms with Crippen LogP contribution in [0.4, 0.5) is 4.39 Å². The van der Waals surface area contributed by atoms with Crippen molar-refractivity contribution in [3.8, 4) is 0 Å². The van der Waals surface area contributed by atoms with Gasteiger partial charge in [-0.25, -0.2) is 9.37 Å². The van der Waals surface area contributed by atoms with E-state index in [1.807, 2.05) is 12.3 Å². The van der Waals surface area contributed by atoms with E-state index >= 15 is 0 Å². The Balaban J connectivity index is 1.88. The normalized spacial score (nSPS) is 18.7. The molecule has 0 saturated carbocycles. The van der Waals surface area contributed by atoms with Crippen molar-refractivity contribution < 1.29 is 9.50 Å². The lowest BCUT2D eigenvalue weighted by atomic mass is 10.1. The van der Waals surface area contributed by atoms with Gasteiger partial charge in [0.2, 0.25) is 0 Å². The van der Waals surface area contributed by atoms with Crippen LogP contribution in [0.2, 0.25) is 0 Å². The summed E-state index contributed by atoms with van der Waals surface area (Å²) in [6.45, 7) is 0. The number of aryl methyl sites for hydroxylation is 1. The lowest BCUT2D eigenvalue weighted by molar-refractivity contribution is 0.0780. The fraction of sp³-hybridized carbons (Fsp3) is 0.357. The average molecular weight is 246 g/mol. The fourth-order valence-corrected chi connectivity index (χ4v) is 2.43. The molecule has 1 atom stereocenters. The minimum Gasteiger partial charge on any atom is -0.373 e. The zero-order valence-corrected chi connectivity index (χ0v) is 10.0. The Bertz CT molecular complexity index is 565. The molecule has 0 aliphatic carbocycles. The van der Waals surface area contributed by atoms with E-state index in [2.05, 4.69) is 4.98 Å². The van der Waals surface area contributed by atoms with Crippen molar-refractivity contribution >= 4 is 0 Å². The molecule has 1 aliphatic heterocycles. The fourth-order valence-electron chi connectivity index (χ4n) is 2.43. The number of benzene rings is 1. The summed E-state index contributed by atoms with van der Waals surface area (Å²) in [5.74, 6) is 0.698. The molecule has 0 saturated heterocycles. The number of halogens is 1. The molecule has 0 fully saturated rings. The summed E-state index contributed by atoms with van der Waals surface area (Å²) in [5.41, 5.74) is 1.46. The molecule has 18 heavy (non-hydrogen) atoms. The predicted molar refractivity (Wildman–Crippen MR) is 65.6 cm³/mol. The first-order chi connectivity index (χ1) is 8.74. The van der Waals surface area contributed by atoms with E-state index < -0.39 is 6.23 Å². The van der Waals surface area contributed by atoms with Crippen molar-refractivity contribution in [1.29, 1.82) is 0 Å². The van der Waals surface area contributed by atoms with E-state index in [4.69, 9.17) is 0 Å². The second kappa shape index (κ2) is 4.53. The number of fused-ring (bicyclic) bond motifs is 1. The summed E-state index contributed by atoms with van der Waals surface area (Å²) >= 11 is 0. The van der Waals surface area contributed by atoms with Crippen LogP contribution in [0.25, 0.3) is 0 Å². The molecule has 0 spiro atoms. The van der Waals surface area contributed by atoms with Crippen LogP contribution in [-0.4, -0.2) is 14.7 Å². The van der Waals surface area contributed by atoms with Crippen LogP contribution in [0.5, 0.6) is 0 Å². The Morgan fingerprint density at radius 1 is 1.39 bits per heavy atom. The zero-order chi connectivity index (χ0) is 12.5. The highest BCUT2D eigenvalue weighted by Gasteiger charge is 2.19. The monoisotopic (exact) mass is 246 g/mol. The van der Waals surface area contributed by atoms with Gasteiger partial charge in [-0.05, 0) is 24.5 Å². The van der Waals surface area contributed by atoms with E-state index in [9.17, 15) is 9.50 Å². The van der Waals surface area contributed by atoms with Gasteiger partial charge in [-0.3, -0.25) is 0 Å². The van der Waals surface area contributed by atoms with Crippen LogP contribution in [0.3, 0.4) is 0 Å². The van der Waals surface area contributed by atoms with Crippen LogP contribution in [0.15, 0.2) is 30.5 Å². The first kappa shape index (κ1) is 11.4. The summed E-state index contributed by atoms with van der Waals surface area (Å²) in [7, 11) is 0. The lowest BCUT2D eigenvalue weighted by Gasteiger charge is -2.19. The second-order valence-corrected chi connectivity index (χ2v) is 4.70. The number of rotatable bonds is 2. The summed E-state index contributed by atoms with van der Waals surface area (Å²) in [4.78, 5) is 4.47. The molecular weight excluding hydrogens is 231 g/mol. The van der Waals surface area contributed by atoms with Gasteiger partial charge in [0.05, 0.1) is 5.69 Å². The van der Waals surface area contributed by atoms with Crippen LogP contribution < -0.4 is 0 Å². The summed E-state index contributed by atoms with van der Waals surface area (Å²) < 4.78 is 15.4. The Kier molecular flexibility index (Phi) is 2.88. The Morgan fingerprint density at radius 3 is 3.00 bits per heavy atom. The first-order valence-electron chi connectivity index (χ1n) is 6.22. The molecule has 94 valence electrons. The molecule has 3 nitrogen and oxygen atoms in total. The van der Waals surface area contributed by atoms with Gasteiger partial charge in [-0.15, -0.1) is 0 Å². The number of hydrogen-bond acceptors (Lipinski definition) is 2. The molecule has 3 rings (SSSR count). The summed E-state index contributed by atoms with van der Waals surface area (Å²) in [6.07, 6.45) is 4.44. The third-order valence-corrected chi connectivity index (χ3v) is 3.37. The third kappa shape index (κ3) is 2.04. The second-order valence-electron chi connectivity index (χ2n) is 4.70. The molecule has 2 aromatic rings. The molecular formula is C14H15FN2O. The van der Waals surface area contributed by atoms with Crippen LogP contribution in [0, 0.1) is 5.82 Å². The van der Waals surface area contributed by atoms with Gasteiger partial charge in [0, 0.05) is 19.0 Å². The molecule has 1 unspecified atom stereocenters. The van der Waals surface area contributed by atoms with Crippen molar-refractivity contribution in [1.82, 2.24) is 9.55 Å². The molecule has 1 N–H and O–H groups in total. The van der Waals surface area contributed by atoms with Gasteiger partial charge in [0.1, 0.15) is 17.9 Å². The highest BCUT2D eigenvalue weighted by atomic mass is 19.1. The number of aliphatic hydroxyl groups is 1. The zero-order valence-electron chi connectivity index (χ0n) is 10.0. The number of hydrogen-bond donors (Lipinski definition) is 1. The maximum absolute atomic E-state index is 13.6.